The van der Waals surface area contributed by atoms with E-state index < -0.39 is 29.6 Å². The van der Waals surface area contributed by atoms with Crippen LogP contribution >= 0.6 is 0 Å². The lowest BCUT2D eigenvalue weighted by Gasteiger charge is -2.09. The lowest BCUT2D eigenvalue weighted by molar-refractivity contribution is -0.147. The van der Waals surface area contributed by atoms with E-state index in [1.165, 1.54) is 24.5 Å². The van der Waals surface area contributed by atoms with Gasteiger partial charge < -0.3 is 0 Å². The number of aromatic nitrogens is 5. The normalized spacial score (nSPS) is 12.8. The van der Waals surface area contributed by atoms with Gasteiger partial charge in [-0.2, -0.15) is 35.8 Å². The summed E-state index contributed by atoms with van der Waals surface area (Å²) in [6.45, 7) is 0. The lowest BCUT2D eigenvalue weighted by atomic mass is 10.2. The molecule has 0 fully saturated rings. The molecule has 3 heterocycles. The lowest BCUT2D eigenvalue weighted by Crippen LogP contribution is -2.14. The summed E-state index contributed by atoms with van der Waals surface area (Å²) in [7, 11) is 0. The minimum atomic E-state index is -4.98. The predicted octanol–water partition coefficient (Wildman–Crippen LogP) is 3.22. The minimum absolute atomic E-state index is 0.0304. The van der Waals surface area contributed by atoms with Crippen LogP contribution in [0.2, 0.25) is 0 Å². The Morgan fingerprint density at radius 1 is 0.957 bits per heavy atom. The van der Waals surface area contributed by atoms with Crippen LogP contribution in [0.25, 0.3) is 17.0 Å². The van der Waals surface area contributed by atoms with Gasteiger partial charge in [0.1, 0.15) is 0 Å². The van der Waals surface area contributed by atoms with E-state index in [-0.39, 0.29) is 15.8 Å². The third kappa shape index (κ3) is 2.81. The van der Waals surface area contributed by atoms with Gasteiger partial charge in [0.25, 0.3) is 11.6 Å². The molecule has 11 heteroatoms. The molecule has 0 aliphatic rings. The fourth-order valence-electron chi connectivity index (χ4n) is 1.85. The number of pyridine rings is 1. The Kier molecular flexibility index (Phi) is 3.23. The third-order valence-electron chi connectivity index (χ3n) is 2.81. The Bertz CT molecular complexity index is 852. The van der Waals surface area contributed by atoms with Crippen LogP contribution in [0.15, 0.2) is 30.6 Å². The highest BCUT2D eigenvalue weighted by Crippen LogP contribution is 2.33. The highest BCUT2D eigenvalue weighted by molar-refractivity contribution is 5.60. The SMILES string of the molecule is FC(F)(F)c1nc2nc(-c3cccnc3)cc(C(F)(F)F)n2n1. The second kappa shape index (κ2) is 4.89. The molecule has 3 aromatic heterocycles. The molecule has 0 amide bonds. The van der Waals surface area contributed by atoms with Gasteiger partial charge in [0.15, 0.2) is 5.69 Å². The molecule has 0 saturated carbocycles. The molecule has 0 aliphatic heterocycles. The molecular weight excluding hydrogens is 328 g/mol. The predicted molar refractivity (Wildman–Crippen MR) is 64.0 cm³/mol. The van der Waals surface area contributed by atoms with Crippen molar-refractivity contribution in [2.24, 2.45) is 0 Å². The molecule has 0 spiro atoms. The Hall–Kier alpha value is -2.72. The van der Waals surface area contributed by atoms with Crippen molar-refractivity contribution in [2.75, 3.05) is 0 Å². The Morgan fingerprint density at radius 2 is 1.70 bits per heavy atom. The number of hydrogen-bond acceptors (Lipinski definition) is 4. The van der Waals surface area contributed by atoms with Crippen molar-refractivity contribution in [3.8, 4) is 11.3 Å². The first-order valence-corrected chi connectivity index (χ1v) is 5.99. The monoisotopic (exact) mass is 333 g/mol. The van der Waals surface area contributed by atoms with Crippen molar-refractivity contribution in [1.29, 1.82) is 0 Å². The highest BCUT2D eigenvalue weighted by Gasteiger charge is 2.40. The van der Waals surface area contributed by atoms with Crippen LogP contribution in [0.5, 0.6) is 0 Å². The molecule has 0 radical (unpaired) electrons. The van der Waals surface area contributed by atoms with Gasteiger partial charge in [0.2, 0.25) is 0 Å². The largest absolute Gasteiger partial charge is 0.453 e. The highest BCUT2D eigenvalue weighted by atomic mass is 19.4. The molecule has 3 rings (SSSR count). The zero-order valence-electron chi connectivity index (χ0n) is 10.9. The summed E-state index contributed by atoms with van der Waals surface area (Å²) < 4.78 is 77.2. The summed E-state index contributed by atoms with van der Waals surface area (Å²) in [5.74, 6) is -2.50. The summed E-state index contributed by atoms with van der Waals surface area (Å²) in [5, 5.41) is 2.87. The smallest absolute Gasteiger partial charge is 0.264 e. The second-order valence-corrected chi connectivity index (χ2v) is 4.41. The van der Waals surface area contributed by atoms with Crippen LogP contribution < -0.4 is 0 Å². The number of halogens is 6. The van der Waals surface area contributed by atoms with Gasteiger partial charge in [-0.3, -0.25) is 4.98 Å². The van der Waals surface area contributed by atoms with Gasteiger partial charge in [-0.1, -0.05) is 0 Å². The van der Waals surface area contributed by atoms with Crippen LogP contribution in [0.4, 0.5) is 26.3 Å². The van der Waals surface area contributed by atoms with Gasteiger partial charge in [0, 0.05) is 18.0 Å². The van der Waals surface area contributed by atoms with Crippen molar-refractivity contribution in [3.05, 3.63) is 42.1 Å². The first kappa shape index (κ1) is 15.2. The van der Waals surface area contributed by atoms with Gasteiger partial charge >= 0.3 is 12.4 Å². The third-order valence-corrected chi connectivity index (χ3v) is 2.81. The van der Waals surface area contributed by atoms with Crippen molar-refractivity contribution < 1.29 is 26.3 Å². The standard InChI is InChI=1S/C12H5F6N5/c13-11(14,15)8-4-7(6-2-1-3-19-5-6)20-10-21-9(12(16,17)18)22-23(8)10/h1-5H. The Balaban J connectivity index is 2.30. The molecule has 0 saturated heterocycles. The Labute approximate surface area is 123 Å². The van der Waals surface area contributed by atoms with Crippen LogP contribution in [-0.2, 0) is 12.4 Å². The number of fused-ring (bicyclic) bond motifs is 1. The molecule has 23 heavy (non-hydrogen) atoms. The van der Waals surface area contributed by atoms with Crippen LogP contribution in [0.3, 0.4) is 0 Å². The first-order valence-electron chi connectivity index (χ1n) is 5.99. The average Bonchev–Trinajstić information content (AvgIpc) is 2.90. The van der Waals surface area contributed by atoms with Crippen molar-refractivity contribution >= 4 is 5.78 Å². The molecule has 0 unspecified atom stereocenters. The number of rotatable bonds is 1. The fraction of sp³-hybridized carbons (Fsp3) is 0.167. The van der Waals surface area contributed by atoms with Gasteiger partial charge in [-0.05, 0) is 18.2 Å². The quantitative estimate of drug-likeness (QED) is 0.642. The molecule has 3 aromatic rings. The molecule has 120 valence electrons. The van der Waals surface area contributed by atoms with Crippen molar-refractivity contribution in [1.82, 2.24) is 24.6 Å². The van der Waals surface area contributed by atoms with Gasteiger partial charge in [-0.15, -0.1) is 5.10 Å². The molecular formula is C12H5F6N5. The van der Waals surface area contributed by atoms with Crippen LogP contribution in [0.1, 0.15) is 11.5 Å². The number of hydrogen-bond donors (Lipinski definition) is 0. The van der Waals surface area contributed by atoms with E-state index in [1.807, 2.05) is 0 Å². The molecule has 0 atom stereocenters. The van der Waals surface area contributed by atoms with E-state index in [9.17, 15) is 26.3 Å². The Morgan fingerprint density at radius 3 is 2.26 bits per heavy atom. The van der Waals surface area contributed by atoms with Crippen LogP contribution in [-0.4, -0.2) is 24.6 Å². The molecule has 0 bridgehead atoms. The summed E-state index contributed by atoms with van der Waals surface area (Å²) in [4.78, 5) is 10.5. The second-order valence-electron chi connectivity index (χ2n) is 4.41. The minimum Gasteiger partial charge on any atom is -0.264 e. The summed E-state index contributed by atoms with van der Waals surface area (Å²) in [6.07, 6.45) is -7.29. The van der Waals surface area contributed by atoms with E-state index in [2.05, 4.69) is 20.1 Å². The summed E-state index contributed by atoms with van der Waals surface area (Å²) >= 11 is 0. The van der Waals surface area contributed by atoms with E-state index in [4.69, 9.17) is 0 Å². The average molecular weight is 333 g/mol. The van der Waals surface area contributed by atoms with Gasteiger partial charge in [0.05, 0.1) is 5.69 Å². The van der Waals surface area contributed by atoms with Crippen LogP contribution in [0, 0.1) is 0 Å². The molecule has 0 aromatic carbocycles. The maximum absolute atomic E-state index is 13.1. The summed E-state index contributed by atoms with van der Waals surface area (Å²) in [5.41, 5.74) is -1.42. The van der Waals surface area contributed by atoms with Crippen molar-refractivity contribution in [3.63, 3.8) is 0 Å². The number of alkyl halides is 6. The molecule has 0 N–H and O–H groups in total. The maximum Gasteiger partial charge on any atom is 0.453 e. The zero-order chi connectivity index (χ0) is 16.8. The van der Waals surface area contributed by atoms with E-state index in [0.717, 1.165) is 0 Å². The molecule has 0 aliphatic carbocycles. The van der Waals surface area contributed by atoms with E-state index in [0.29, 0.717) is 6.07 Å². The van der Waals surface area contributed by atoms with Gasteiger partial charge in [-0.25, -0.2) is 4.98 Å². The fourth-order valence-corrected chi connectivity index (χ4v) is 1.85. The topological polar surface area (TPSA) is 56.0 Å². The molecule has 5 nitrogen and oxygen atoms in total. The van der Waals surface area contributed by atoms with E-state index in [1.54, 1.807) is 0 Å². The van der Waals surface area contributed by atoms with E-state index >= 15 is 0 Å². The first-order chi connectivity index (χ1) is 10.7. The maximum atomic E-state index is 13.1. The van der Waals surface area contributed by atoms with Crippen molar-refractivity contribution in [2.45, 2.75) is 12.4 Å². The summed E-state index contributed by atoms with van der Waals surface area (Å²) in [6, 6.07) is 3.48. The zero-order valence-corrected chi connectivity index (χ0v) is 10.9. The number of nitrogens with zero attached hydrogens (tertiary/aromatic N) is 5.